The number of carbonyl (C=O) groups excluding carboxylic acids is 1. The maximum Gasteiger partial charge on any atom is 0.337 e. The summed E-state index contributed by atoms with van der Waals surface area (Å²) in [6, 6.07) is 14.1. The quantitative estimate of drug-likeness (QED) is 0.603. The van der Waals surface area contributed by atoms with E-state index in [-0.39, 0.29) is 12.1 Å². The first-order valence-corrected chi connectivity index (χ1v) is 10.8. The molecule has 2 aliphatic rings. The molecule has 0 bridgehead atoms. The molecule has 4 nitrogen and oxygen atoms in total. The number of rotatable bonds is 6. The first kappa shape index (κ1) is 21.2. The van der Waals surface area contributed by atoms with Gasteiger partial charge in [-0.15, -0.1) is 0 Å². The van der Waals surface area contributed by atoms with Gasteiger partial charge >= 0.3 is 5.97 Å². The van der Waals surface area contributed by atoms with E-state index < -0.39 is 6.67 Å². The molecule has 0 saturated carbocycles. The van der Waals surface area contributed by atoms with Crippen molar-refractivity contribution in [1.82, 2.24) is 4.90 Å². The Bertz CT molecular complexity index is 981. The first-order valence-electron chi connectivity index (χ1n) is 10.8. The summed E-state index contributed by atoms with van der Waals surface area (Å²) < 4.78 is 23.3. The zero-order chi connectivity index (χ0) is 21.6. The van der Waals surface area contributed by atoms with Gasteiger partial charge in [0, 0.05) is 13.0 Å². The molecule has 0 aromatic heterocycles. The van der Waals surface area contributed by atoms with E-state index in [1.165, 1.54) is 29.9 Å². The van der Waals surface area contributed by atoms with Crippen molar-refractivity contribution >= 4 is 11.5 Å². The Hall–Kier alpha value is -3.08. The number of alkyl halides is 1. The third-order valence-electron chi connectivity index (χ3n) is 5.87. The van der Waals surface area contributed by atoms with Crippen molar-refractivity contribution in [3.05, 3.63) is 83.1 Å². The van der Waals surface area contributed by atoms with Crippen molar-refractivity contribution in [2.24, 2.45) is 0 Å². The zero-order valence-corrected chi connectivity index (χ0v) is 17.9. The number of methoxy groups -OCH3 is 1. The molecule has 0 N–H and O–H groups in total. The van der Waals surface area contributed by atoms with Crippen molar-refractivity contribution in [2.75, 3.05) is 26.9 Å². The van der Waals surface area contributed by atoms with E-state index in [1.807, 2.05) is 36.5 Å². The highest BCUT2D eigenvalue weighted by molar-refractivity contribution is 5.91. The van der Waals surface area contributed by atoms with E-state index in [0.717, 1.165) is 50.1 Å². The lowest BCUT2D eigenvalue weighted by Gasteiger charge is -2.16. The fraction of sp³-hybridized carbons (Fsp3) is 0.346. The van der Waals surface area contributed by atoms with Gasteiger partial charge in [0.05, 0.1) is 19.2 Å². The second-order valence-electron chi connectivity index (χ2n) is 7.96. The van der Waals surface area contributed by atoms with Gasteiger partial charge in [0.15, 0.2) is 0 Å². The number of halogens is 1. The smallest absolute Gasteiger partial charge is 0.337 e. The van der Waals surface area contributed by atoms with Crippen LogP contribution in [-0.2, 0) is 11.2 Å². The largest absolute Gasteiger partial charge is 0.489 e. The van der Waals surface area contributed by atoms with Crippen LogP contribution in [0.4, 0.5) is 4.39 Å². The third kappa shape index (κ3) is 4.98. The second kappa shape index (κ2) is 9.82. The van der Waals surface area contributed by atoms with Crippen molar-refractivity contribution in [2.45, 2.75) is 31.8 Å². The van der Waals surface area contributed by atoms with E-state index >= 15 is 0 Å². The molecule has 2 aromatic rings. The second-order valence-corrected chi connectivity index (χ2v) is 7.96. The maximum absolute atomic E-state index is 12.3. The molecule has 1 saturated heterocycles. The van der Waals surface area contributed by atoms with Gasteiger partial charge in [0.2, 0.25) is 0 Å². The molecule has 1 heterocycles. The summed E-state index contributed by atoms with van der Waals surface area (Å²) in [5, 5.41) is 0. The lowest BCUT2D eigenvalue weighted by molar-refractivity contribution is 0.0600. The lowest BCUT2D eigenvalue weighted by Crippen LogP contribution is -2.21. The van der Waals surface area contributed by atoms with Crippen LogP contribution >= 0.6 is 0 Å². The van der Waals surface area contributed by atoms with Crippen LogP contribution in [0.25, 0.3) is 5.57 Å². The van der Waals surface area contributed by atoms with Crippen LogP contribution in [0.2, 0.25) is 0 Å². The minimum atomic E-state index is -0.438. The molecule has 0 radical (unpaired) electrons. The van der Waals surface area contributed by atoms with Gasteiger partial charge in [-0.3, -0.25) is 0 Å². The molecule has 4 rings (SSSR count). The molecule has 1 fully saturated rings. The number of hydrogen-bond acceptors (Lipinski definition) is 4. The number of carbonyl (C=O) groups is 1. The average Bonchev–Trinajstić information content (AvgIpc) is 3.14. The molecule has 0 spiro atoms. The summed E-state index contributed by atoms with van der Waals surface area (Å²) in [6.07, 6.45) is 9.67. The van der Waals surface area contributed by atoms with Crippen LogP contribution in [0.5, 0.6) is 5.75 Å². The van der Waals surface area contributed by atoms with Gasteiger partial charge in [-0.05, 0) is 78.1 Å². The highest BCUT2D eigenvalue weighted by Crippen LogP contribution is 2.33. The molecular formula is C26H28FNO3. The molecule has 31 heavy (non-hydrogen) atoms. The van der Waals surface area contributed by atoms with E-state index in [2.05, 4.69) is 23.1 Å². The zero-order valence-electron chi connectivity index (χ0n) is 17.9. The van der Waals surface area contributed by atoms with Crippen molar-refractivity contribution in [3.8, 4) is 5.75 Å². The highest BCUT2D eigenvalue weighted by Gasteiger charge is 2.22. The number of hydrogen-bond donors (Lipinski definition) is 0. The van der Waals surface area contributed by atoms with Gasteiger partial charge in [0.25, 0.3) is 0 Å². The van der Waals surface area contributed by atoms with Gasteiger partial charge in [-0.1, -0.05) is 24.3 Å². The van der Waals surface area contributed by atoms with Crippen LogP contribution in [0.1, 0.15) is 46.3 Å². The Morgan fingerprint density at radius 3 is 2.84 bits per heavy atom. The summed E-state index contributed by atoms with van der Waals surface area (Å²) in [5.41, 5.74) is 5.28. The third-order valence-corrected chi connectivity index (χ3v) is 5.87. The van der Waals surface area contributed by atoms with E-state index in [4.69, 9.17) is 9.47 Å². The Kier molecular flexibility index (Phi) is 6.70. The van der Waals surface area contributed by atoms with Gasteiger partial charge in [-0.25, -0.2) is 9.18 Å². The topological polar surface area (TPSA) is 38.8 Å². The normalized spacial score (nSPS) is 18.5. The van der Waals surface area contributed by atoms with E-state index in [9.17, 15) is 9.18 Å². The fourth-order valence-corrected chi connectivity index (χ4v) is 4.31. The van der Waals surface area contributed by atoms with E-state index in [0.29, 0.717) is 5.56 Å². The summed E-state index contributed by atoms with van der Waals surface area (Å²) in [5.74, 6) is 0.547. The van der Waals surface area contributed by atoms with Crippen LogP contribution in [0.3, 0.4) is 0 Å². The van der Waals surface area contributed by atoms with Crippen molar-refractivity contribution < 1.29 is 18.7 Å². The van der Waals surface area contributed by atoms with Crippen LogP contribution in [0.15, 0.2) is 60.8 Å². The minimum absolute atomic E-state index is 0.115. The number of esters is 1. The van der Waals surface area contributed by atoms with E-state index in [1.54, 1.807) is 0 Å². The molecule has 162 valence electrons. The maximum atomic E-state index is 12.3. The minimum Gasteiger partial charge on any atom is -0.489 e. The highest BCUT2D eigenvalue weighted by atomic mass is 19.1. The lowest BCUT2D eigenvalue weighted by atomic mass is 9.92. The standard InChI is InChI=1S/C26H28FNO3/c1-30-26(29)21-9-12-25-20(17-21)5-2-3-6-24(25)19-7-10-22(11-8-19)31-23-13-16-28(18-23)15-4-14-27/h4,6-12,15,17,23H,2-3,5,13-14,16,18H2,1H3/b15-4+/t23-/m0/s1. The number of fused-ring (bicyclic) bond motifs is 1. The van der Waals surface area contributed by atoms with Crippen LogP contribution < -0.4 is 4.74 Å². The molecule has 5 heteroatoms. The SMILES string of the molecule is COC(=O)c1ccc2c(c1)CCCC=C2c1ccc(O[C@H]2CCN(/C=C/CF)C2)cc1. The summed E-state index contributed by atoms with van der Waals surface area (Å²) in [7, 11) is 1.41. The molecule has 1 atom stereocenters. The summed E-state index contributed by atoms with van der Waals surface area (Å²) in [4.78, 5) is 14.0. The number of nitrogens with zero attached hydrogens (tertiary/aromatic N) is 1. The Morgan fingerprint density at radius 1 is 1.23 bits per heavy atom. The summed E-state index contributed by atoms with van der Waals surface area (Å²) in [6.45, 7) is 1.22. The number of likely N-dealkylation sites (tertiary alicyclic amines) is 1. The average molecular weight is 422 g/mol. The molecule has 2 aromatic carbocycles. The Morgan fingerprint density at radius 2 is 2.06 bits per heavy atom. The predicted molar refractivity (Wildman–Crippen MR) is 120 cm³/mol. The number of allylic oxidation sites excluding steroid dienone is 2. The van der Waals surface area contributed by atoms with Gasteiger partial charge < -0.3 is 14.4 Å². The molecule has 1 aliphatic heterocycles. The van der Waals surface area contributed by atoms with Crippen molar-refractivity contribution in [3.63, 3.8) is 0 Å². The fourth-order valence-electron chi connectivity index (χ4n) is 4.31. The predicted octanol–water partition coefficient (Wildman–Crippen LogP) is 5.18. The Labute approximate surface area is 183 Å². The first-order chi connectivity index (χ1) is 15.2. The van der Waals surface area contributed by atoms with Crippen molar-refractivity contribution in [1.29, 1.82) is 0 Å². The molecular weight excluding hydrogens is 393 g/mol. The molecule has 0 amide bonds. The van der Waals surface area contributed by atoms with Gasteiger partial charge in [0.1, 0.15) is 18.5 Å². The van der Waals surface area contributed by atoms with Gasteiger partial charge in [-0.2, -0.15) is 0 Å². The van der Waals surface area contributed by atoms with Crippen LogP contribution in [0, 0.1) is 0 Å². The number of ether oxygens (including phenoxy) is 2. The number of aryl methyl sites for hydroxylation is 1. The summed E-state index contributed by atoms with van der Waals surface area (Å²) >= 11 is 0. The van der Waals surface area contributed by atoms with Crippen LogP contribution in [-0.4, -0.2) is 43.8 Å². The molecule has 1 aliphatic carbocycles. The number of benzene rings is 2. The molecule has 0 unspecified atom stereocenters. The monoisotopic (exact) mass is 421 g/mol. The Balaban J connectivity index is 1.49.